The van der Waals surface area contributed by atoms with Crippen LogP contribution in [0.4, 0.5) is 0 Å². The zero-order valence-electron chi connectivity index (χ0n) is 9.81. The second-order valence-corrected chi connectivity index (χ2v) is 3.92. The van der Waals surface area contributed by atoms with Crippen LogP contribution < -0.4 is 11.1 Å². The Kier molecular flexibility index (Phi) is 4.92. The van der Waals surface area contributed by atoms with Gasteiger partial charge in [-0.15, -0.1) is 0 Å². The van der Waals surface area contributed by atoms with E-state index in [4.69, 9.17) is 5.73 Å². The van der Waals surface area contributed by atoms with Gasteiger partial charge < -0.3 is 11.1 Å². The van der Waals surface area contributed by atoms with E-state index in [1.165, 1.54) is 0 Å². The fourth-order valence-corrected chi connectivity index (χ4v) is 1.39. The SMILES string of the molecule is CCC(N)CC(=O)N[C@@H](C)c1ccccn1. The fraction of sp³-hybridized carbons (Fsp3) is 0.500. The summed E-state index contributed by atoms with van der Waals surface area (Å²) in [6.45, 7) is 3.89. The smallest absolute Gasteiger partial charge is 0.222 e. The van der Waals surface area contributed by atoms with Crippen molar-refractivity contribution in [1.29, 1.82) is 0 Å². The highest BCUT2D eigenvalue weighted by molar-refractivity contribution is 5.76. The van der Waals surface area contributed by atoms with Crippen LogP contribution >= 0.6 is 0 Å². The van der Waals surface area contributed by atoms with E-state index in [0.717, 1.165) is 12.1 Å². The molecule has 0 fully saturated rings. The molecule has 0 saturated heterocycles. The third kappa shape index (κ3) is 3.98. The summed E-state index contributed by atoms with van der Waals surface area (Å²) in [7, 11) is 0. The minimum absolute atomic E-state index is 0.0208. The predicted octanol–water partition coefficient (Wildman–Crippen LogP) is 1.39. The molecule has 2 atom stereocenters. The molecule has 4 heteroatoms. The molecule has 0 saturated carbocycles. The van der Waals surface area contributed by atoms with Gasteiger partial charge in [-0.05, 0) is 25.5 Å². The molecule has 0 aliphatic rings. The Morgan fingerprint density at radius 3 is 2.88 bits per heavy atom. The highest BCUT2D eigenvalue weighted by Crippen LogP contribution is 2.08. The van der Waals surface area contributed by atoms with E-state index in [9.17, 15) is 4.79 Å². The zero-order chi connectivity index (χ0) is 12.0. The summed E-state index contributed by atoms with van der Waals surface area (Å²) < 4.78 is 0. The molecule has 1 aromatic heterocycles. The van der Waals surface area contributed by atoms with Crippen LogP contribution in [-0.2, 0) is 4.79 Å². The van der Waals surface area contributed by atoms with Gasteiger partial charge in [0, 0.05) is 18.7 Å². The average molecular weight is 221 g/mol. The maximum atomic E-state index is 11.6. The van der Waals surface area contributed by atoms with Crippen molar-refractivity contribution in [3.63, 3.8) is 0 Å². The van der Waals surface area contributed by atoms with Crippen LogP contribution in [0.1, 0.15) is 38.4 Å². The molecule has 4 nitrogen and oxygen atoms in total. The monoisotopic (exact) mass is 221 g/mol. The Morgan fingerprint density at radius 2 is 2.31 bits per heavy atom. The molecule has 3 N–H and O–H groups in total. The molecule has 0 bridgehead atoms. The van der Waals surface area contributed by atoms with Crippen LogP contribution in [0.2, 0.25) is 0 Å². The van der Waals surface area contributed by atoms with Crippen molar-refractivity contribution in [3.05, 3.63) is 30.1 Å². The molecule has 1 amide bonds. The first-order valence-corrected chi connectivity index (χ1v) is 5.59. The number of rotatable bonds is 5. The lowest BCUT2D eigenvalue weighted by atomic mass is 10.1. The predicted molar refractivity (Wildman–Crippen MR) is 63.7 cm³/mol. The minimum atomic E-state index is -0.0715. The fourth-order valence-electron chi connectivity index (χ4n) is 1.39. The molecule has 1 heterocycles. The van der Waals surface area contributed by atoms with Crippen molar-refractivity contribution in [3.8, 4) is 0 Å². The standard InChI is InChI=1S/C12H19N3O/c1-3-10(13)8-12(16)15-9(2)11-6-4-5-7-14-11/h4-7,9-10H,3,8,13H2,1-2H3,(H,15,16)/t9-,10?/m0/s1. The van der Waals surface area contributed by atoms with E-state index in [2.05, 4.69) is 10.3 Å². The van der Waals surface area contributed by atoms with Crippen molar-refractivity contribution in [2.75, 3.05) is 0 Å². The lowest BCUT2D eigenvalue weighted by molar-refractivity contribution is -0.122. The van der Waals surface area contributed by atoms with Gasteiger partial charge in [-0.2, -0.15) is 0 Å². The molecule has 0 aliphatic heterocycles. The van der Waals surface area contributed by atoms with Crippen LogP contribution in [0.3, 0.4) is 0 Å². The van der Waals surface area contributed by atoms with Crippen LogP contribution in [0, 0.1) is 0 Å². The van der Waals surface area contributed by atoms with Gasteiger partial charge >= 0.3 is 0 Å². The van der Waals surface area contributed by atoms with E-state index in [-0.39, 0.29) is 18.0 Å². The number of hydrogen-bond donors (Lipinski definition) is 2. The van der Waals surface area contributed by atoms with Gasteiger partial charge in [0.15, 0.2) is 0 Å². The first-order valence-electron chi connectivity index (χ1n) is 5.59. The van der Waals surface area contributed by atoms with Gasteiger partial charge in [-0.1, -0.05) is 13.0 Å². The number of aromatic nitrogens is 1. The molecule has 16 heavy (non-hydrogen) atoms. The Labute approximate surface area is 96.3 Å². The van der Waals surface area contributed by atoms with Crippen LogP contribution in [0.5, 0.6) is 0 Å². The third-order valence-corrected chi connectivity index (χ3v) is 2.48. The van der Waals surface area contributed by atoms with Crippen LogP contribution in [-0.4, -0.2) is 16.9 Å². The Morgan fingerprint density at radius 1 is 1.56 bits per heavy atom. The van der Waals surface area contributed by atoms with E-state index in [1.54, 1.807) is 6.20 Å². The summed E-state index contributed by atoms with van der Waals surface area (Å²) in [5.41, 5.74) is 6.57. The molecule has 0 aromatic carbocycles. The molecular formula is C12H19N3O. The molecule has 0 aliphatic carbocycles. The van der Waals surface area contributed by atoms with Gasteiger partial charge in [0.25, 0.3) is 0 Å². The van der Waals surface area contributed by atoms with Crippen LogP contribution in [0.15, 0.2) is 24.4 Å². The molecular weight excluding hydrogens is 202 g/mol. The summed E-state index contributed by atoms with van der Waals surface area (Å²) >= 11 is 0. The Bertz CT molecular complexity index is 326. The molecule has 0 radical (unpaired) electrons. The van der Waals surface area contributed by atoms with E-state index in [1.807, 2.05) is 32.0 Å². The summed E-state index contributed by atoms with van der Waals surface area (Å²) in [5, 5.41) is 2.88. The highest BCUT2D eigenvalue weighted by atomic mass is 16.1. The lowest BCUT2D eigenvalue weighted by Crippen LogP contribution is -2.33. The number of nitrogens with two attached hydrogens (primary N) is 1. The van der Waals surface area contributed by atoms with E-state index < -0.39 is 0 Å². The van der Waals surface area contributed by atoms with Crippen LogP contribution in [0.25, 0.3) is 0 Å². The molecule has 1 aromatic rings. The van der Waals surface area contributed by atoms with Crippen molar-refractivity contribution < 1.29 is 4.79 Å². The number of nitrogens with one attached hydrogen (secondary N) is 1. The first kappa shape index (κ1) is 12.6. The van der Waals surface area contributed by atoms with Gasteiger partial charge in [-0.3, -0.25) is 9.78 Å². The Hall–Kier alpha value is -1.42. The summed E-state index contributed by atoms with van der Waals surface area (Å²) in [6, 6.07) is 5.52. The van der Waals surface area contributed by atoms with Gasteiger partial charge in [0.05, 0.1) is 11.7 Å². The number of carbonyl (C=O) groups excluding carboxylic acids is 1. The average Bonchev–Trinajstić information content (AvgIpc) is 2.29. The second kappa shape index (κ2) is 6.23. The van der Waals surface area contributed by atoms with E-state index >= 15 is 0 Å². The van der Waals surface area contributed by atoms with Crippen molar-refractivity contribution in [1.82, 2.24) is 10.3 Å². The van der Waals surface area contributed by atoms with Gasteiger partial charge in [0.2, 0.25) is 5.91 Å². The highest BCUT2D eigenvalue weighted by Gasteiger charge is 2.12. The van der Waals surface area contributed by atoms with Crippen molar-refractivity contribution >= 4 is 5.91 Å². The quantitative estimate of drug-likeness (QED) is 0.789. The van der Waals surface area contributed by atoms with Gasteiger partial charge in [-0.25, -0.2) is 0 Å². The minimum Gasteiger partial charge on any atom is -0.348 e. The zero-order valence-corrected chi connectivity index (χ0v) is 9.81. The van der Waals surface area contributed by atoms with E-state index in [0.29, 0.717) is 6.42 Å². The normalized spacial score (nSPS) is 14.2. The maximum absolute atomic E-state index is 11.6. The lowest BCUT2D eigenvalue weighted by Gasteiger charge is -2.15. The maximum Gasteiger partial charge on any atom is 0.222 e. The number of carbonyl (C=O) groups is 1. The van der Waals surface area contributed by atoms with Crippen molar-refractivity contribution in [2.45, 2.75) is 38.8 Å². The summed E-state index contributed by atoms with van der Waals surface area (Å²) in [6.07, 6.45) is 2.90. The number of nitrogens with zero attached hydrogens (tertiary/aromatic N) is 1. The summed E-state index contributed by atoms with van der Waals surface area (Å²) in [5.74, 6) is -0.0208. The second-order valence-electron chi connectivity index (χ2n) is 3.92. The third-order valence-electron chi connectivity index (χ3n) is 2.48. The topological polar surface area (TPSA) is 68.0 Å². The number of hydrogen-bond acceptors (Lipinski definition) is 3. The van der Waals surface area contributed by atoms with Crippen molar-refractivity contribution in [2.24, 2.45) is 5.73 Å². The largest absolute Gasteiger partial charge is 0.348 e. The molecule has 88 valence electrons. The van der Waals surface area contributed by atoms with Gasteiger partial charge in [0.1, 0.15) is 0 Å². The Balaban J connectivity index is 2.46. The molecule has 0 spiro atoms. The molecule has 1 rings (SSSR count). The number of pyridine rings is 1. The first-order chi connectivity index (χ1) is 7.63. The molecule has 1 unspecified atom stereocenters. The number of amides is 1. The summed E-state index contributed by atoms with van der Waals surface area (Å²) in [4.78, 5) is 15.8.